The number of hydrogen-bond donors (Lipinski definition) is 1. The van der Waals surface area contributed by atoms with E-state index in [1.807, 2.05) is 12.1 Å². The second-order valence-electron chi connectivity index (χ2n) is 4.47. The summed E-state index contributed by atoms with van der Waals surface area (Å²) in [4.78, 5) is 14.3. The largest absolute Gasteiger partial charge is 0.549 e. The number of carboxylic acids is 1. The highest BCUT2D eigenvalue weighted by Gasteiger charge is 2.24. The number of rotatable bonds is 1. The monoisotopic (exact) mass is 248 g/mol. The topological polar surface area (TPSA) is 55.9 Å². The second kappa shape index (κ2) is 3.77. The van der Waals surface area contributed by atoms with Crippen molar-refractivity contribution in [3.8, 4) is 0 Å². The number of carbonyl (C=O) groups excluding carboxylic acids is 1. The fraction of sp³-hybridized carbons (Fsp3) is 0.308. The molecule has 0 saturated carbocycles. The van der Waals surface area contributed by atoms with Crippen LogP contribution in [-0.2, 0) is 11.2 Å². The van der Waals surface area contributed by atoms with Gasteiger partial charge in [0.25, 0.3) is 0 Å². The van der Waals surface area contributed by atoms with Gasteiger partial charge in [0.1, 0.15) is 0 Å². The number of carboxylic acid groups (broad SMARTS) is 1. The molecule has 1 N–H and O–H groups in total. The molecule has 0 radical (unpaired) electrons. The van der Waals surface area contributed by atoms with E-state index >= 15 is 0 Å². The molecule has 1 aromatic carbocycles. The first-order valence-electron chi connectivity index (χ1n) is 5.67. The smallest absolute Gasteiger partial charge is 0.0504 e. The third-order valence-corrected chi connectivity index (χ3v) is 3.69. The van der Waals surface area contributed by atoms with E-state index in [9.17, 15) is 9.90 Å². The van der Waals surface area contributed by atoms with E-state index in [2.05, 4.69) is 4.98 Å². The molecule has 1 atom stereocenters. The summed E-state index contributed by atoms with van der Waals surface area (Å²) in [6.45, 7) is 0. The highest BCUT2D eigenvalue weighted by Crippen LogP contribution is 2.36. The second-order valence-corrected chi connectivity index (χ2v) is 4.91. The van der Waals surface area contributed by atoms with E-state index in [0.717, 1.165) is 35.0 Å². The molecule has 0 aliphatic heterocycles. The van der Waals surface area contributed by atoms with Crippen LogP contribution in [0.1, 0.15) is 30.0 Å². The summed E-state index contributed by atoms with van der Waals surface area (Å²) in [5, 5.41) is 12.8. The highest BCUT2D eigenvalue weighted by atomic mass is 35.5. The number of aryl methyl sites for hydroxylation is 1. The SMILES string of the molecule is O=C([O-])C1CCCc2c1[nH]c1ccc(Cl)cc21. The number of carbonyl (C=O) groups is 1. The summed E-state index contributed by atoms with van der Waals surface area (Å²) in [7, 11) is 0. The maximum Gasteiger partial charge on any atom is 0.0504 e. The zero-order valence-electron chi connectivity index (χ0n) is 9.13. The molecule has 4 heteroatoms. The molecule has 3 nitrogen and oxygen atoms in total. The van der Waals surface area contributed by atoms with Crippen molar-refractivity contribution in [1.29, 1.82) is 0 Å². The third kappa shape index (κ3) is 1.62. The molecule has 0 bridgehead atoms. The molecular weight excluding hydrogens is 238 g/mol. The Morgan fingerprint density at radius 1 is 1.47 bits per heavy atom. The Hall–Kier alpha value is -1.48. The lowest BCUT2D eigenvalue weighted by molar-refractivity contribution is -0.308. The molecule has 17 heavy (non-hydrogen) atoms. The Morgan fingerprint density at radius 2 is 2.29 bits per heavy atom. The van der Waals surface area contributed by atoms with Gasteiger partial charge in [0.2, 0.25) is 0 Å². The van der Waals surface area contributed by atoms with Gasteiger partial charge >= 0.3 is 0 Å². The van der Waals surface area contributed by atoms with Crippen molar-refractivity contribution in [2.24, 2.45) is 0 Å². The van der Waals surface area contributed by atoms with Gasteiger partial charge in [0.15, 0.2) is 0 Å². The molecule has 1 aromatic heterocycles. The molecule has 88 valence electrons. The Kier molecular flexibility index (Phi) is 2.37. The Labute approximate surface area is 103 Å². The van der Waals surface area contributed by atoms with Gasteiger partial charge in [-0.2, -0.15) is 0 Å². The minimum absolute atomic E-state index is 0.509. The predicted octanol–water partition coefficient (Wildman–Crippen LogP) is 1.99. The average molecular weight is 249 g/mol. The fourth-order valence-corrected chi connectivity index (χ4v) is 2.84. The third-order valence-electron chi connectivity index (χ3n) is 3.45. The Bertz CT molecular complexity index is 603. The van der Waals surface area contributed by atoms with Crippen molar-refractivity contribution in [3.63, 3.8) is 0 Å². The lowest BCUT2D eigenvalue weighted by atomic mass is 9.87. The normalized spacial score (nSPS) is 19.2. The van der Waals surface area contributed by atoms with Crippen molar-refractivity contribution in [1.82, 2.24) is 4.98 Å². The number of nitrogens with one attached hydrogen (secondary N) is 1. The van der Waals surface area contributed by atoms with Gasteiger partial charge in [0, 0.05) is 27.5 Å². The summed E-state index contributed by atoms with van der Waals surface area (Å²) in [5.41, 5.74) is 2.84. The van der Waals surface area contributed by atoms with Crippen LogP contribution >= 0.6 is 11.6 Å². The number of fused-ring (bicyclic) bond motifs is 3. The number of aliphatic carboxylic acids is 1. The highest BCUT2D eigenvalue weighted by molar-refractivity contribution is 6.31. The van der Waals surface area contributed by atoms with E-state index in [1.54, 1.807) is 6.07 Å². The summed E-state index contributed by atoms with van der Waals surface area (Å²) in [6, 6.07) is 5.59. The molecule has 1 aliphatic carbocycles. The van der Waals surface area contributed by atoms with Gasteiger partial charge in [0.05, 0.1) is 5.97 Å². The number of hydrogen-bond acceptors (Lipinski definition) is 2. The molecule has 1 unspecified atom stereocenters. The summed E-state index contributed by atoms with van der Waals surface area (Å²) >= 11 is 5.97. The summed E-state index contributed by atoms with van der Waals surface area (Å²) in [5.74, 6) is -1.51. The van der Waals surface area contributed by atoms with Gasteiger partial charge in [-0.1, -0.05) is 11.6 Å². The van der Waals surface area contributed by atoms with Gasteiger partial charge in [-0.25, -0.2) is 0 Å². The zero-order chi connectivity index (χ0) is 12.0. The number of halogens is 1. The standard InChI is InChI=1S/C13H12ClNO2/c14-7-4-5-11-10(6-7)8-2-1-3-9(13(16)17)12(8)15-11/h4-6,9,15H,1-3H2,(H,16,17)/p-1. The number of aromatic amines is 1. The average Bonchev–Trinajstić information content (AvgIpc) is 2.66. The predicted molar refractivity (Wildman–Crippen MR) is 64.0 cm³/mol. The van der Waals surface area contributed by atoms with Gasteiger partial charge in [-0.05, 0) is 43.0 Å². The first-order valence-corrected chi connectivity index (χ1v) is 6.05. The molecule has 3 rings (SSSR count). The molecule has 1 heterocycles. The minimum Gasteiger partial charge on any atom is -0.549 e. The van der Waals surface area contributed by atoms with Crippen LogP contribution in [0.25, 0.3) is 10.9 Å². The van der Waals surface area contributed by atoms with Gasteiger partial charge < -0.3 is 14.9 Å². The van der Waals surface area contributed by atoms with Crippen molar-refractivity contribution in [3.05, 3.63) is 34.5 Å². The molecule has 2 aromatic rings. The van der Waals surface area contributed by atoms with Crippen LogP contribution in [0.3, 0.4) is 0 Å². The van der Waals surface area contributed by atoms with Crippen LogP contribution < -0.4 is 5.11 Å². The quantitative estimate of drug-likeness (QED) is 0.839. The van der Waals surface area contributed by atoms with Crippen molar-refractivity contribution in [2.45, 2.75) is 25.2 Å². The first-order chi connectivity index (χ1) is 8.16. The summed E-state index contributed by atoms with van der Waals surface area (Å²) in [6.07, 6.45) is 2.43. The number of H-pyrrole nitrogens is 1. The number of aromatic nitrogens is 1. The van der Waals surface area contributed by atoms with Crippen LogP contribution in [0.2, 0.25) is 5.02 Å². The van der Waals surface area contributed by atoms with Crippen LogP contribution in [-0.4, -0.2) is 11.0 Å². The maximum atomic E-state index is 11.1. The molecule has 0 fully saturated rings. The van der Waals surface area contributed by atoms with Crippen LogP contribution in [0.4, 0.5) is 0 Å². The Morgan fingerprint density at radius 3 is 3.06 bits per heavy atom. The molecular formula is C13H11ClNO2-. The molecule has 0 amide bonds. The van der Waals surface area contributed by atoms with Crippen molar-refractivity contribution >= 4 is 28.5 Å². The lowest BCUT2D eigenvalue weighted by Gasteiger charge is -2.23. The summed E-state index contributed by atoms with van der Waals surface area (Å²) < 4.78 is 0. The van der Waals surface area contributed by atoms with Gasteiger partial charge in [-0.15, -0.1) is 0 Å². The van der Waals surface area contributed by atoms with E-state index < -0.39 is 11.9 Å². The van der Waals surface area contributed by atoms with Crippen molar-refractivity contribution < 1.29 is 9.90 Å². The minimum atomic E-state index is -0.997. The van der Waals surface area contributed by atoms with Crippen LogP contribution in [0.15, 0.2) is 18.2 Å². The van der Waals surface area contributed by atoms with E-state index in [4.69, 9.17) is 11.6 Å². The Balaban J connectivity index is 2.25. The lowest BCUT2D eigenvalue weighted by Crippen LogP contribution is -2.31. The van der Waals surface area contributed by atoms with Crippen LogP contribution in [0, 0.1) is 0 Å². The maximum absolute atomic E-state index is 11.1. The molecule has 0 spiro atoms. The fourth-order valence-electron chi connectivity index (χ4n) is 2.67. The van der Waals surface area contributed by atoms with E-state index in [1.165, 1.54) is 0 Å². The molecule has 1 aliphatic rings. The number of benzene rings is 1. The van der Waals surface area contributed by atoms with Crippen LogP contribution in [0.5, 0.6) is 0 Å². The zero-order valence-corrected chi connectivity index (χ0v) is 9.88. The van der Waals surface area contributed by atoms with Gasteiger partial charge in [-0.3, -0.25) is 0 Å². The van der Waals surface area contributed by atoms with E-state index in [-0.39, 0.29) is 0 Å². The molecule has 0 saturated heterocycles. The van der Waals surface area contributed by atoms with Crippen molar-refractivity contribution in [2.75, 3.05) is 0 Å². The first kappa shape index (κ1) is 10.7. The van der Waals surface area contributed by atoms with E-state index in [0.29, 0.717) is 11.4 Å².